The summed E-state index contributed by atoms with van der Waals surface area (Å²) in [6, 6.07) is 12.8. The predicted octanol–water partition coefficient (Wildman–Crippen LogP) is 3.46. The molecule has 0 saturated heterocycles. The lowest BCUT2D eigenvalue weighted by atomic mass is 10.1. The normalized spacial score (nSPS) is 12.9. The lowest BCUT2D eigenvalue weighted by Gasteiger charge is -2.16. The van der Waals surface area contributed by atoms with Crippen LogP contribution in [-0.4, -0.2) is 59.0 Å². The molecule has 0 bridgehead atoms. The summed E-state index contributed by atoms with van der Waals surface area (Å²) in [6.45, 7) is 2.73. The summed E-state index contributed by atoms with van der Waals surface area (Å²) in [4.78, 5) is 27.0. The summed E-state index contributed by atoms with van der Waals surface area (Å²) in [6.07, 6.45) is 3.46. The van der Waals surface area contributed by atoms with Gasteiger partial charge in [0.2, 0.25) is 0 Å². The second kappa shape index (κ2) is 11.4. The maximum absolute atomic E-state index is 14.2. The molecule has 1 aliphatic rings. The van der Waals surface area contributed by atoms with Crippen molar-refractivity contribution in [2.45, 2.75) is 32.8 Å². The zero-order valence-corrected chi connectivity index (χ0v) is 22.6. The first-order chi connectivity index (χ1) is 20.4. The average molecular weight is 569 g/mol. The molecule has 5 aromatic rings. The average Bonchev–Trinajstić information content (AvgIpc) is 3.66. The monoisotopic (exact) mass is 568 g/mol. The number of nitriles is 1. The second-order valence-corrected chi connectivity index (χ2v) is 9.78. The molecule has 0 radical (unpaired) electrons. The molecule has 4 heterocycles. The molecule has 2 aromatic carbocycles. The summed E-state index contributed by atoms with van der Waals surface area (Å²) in [5.74, 6) is -0.185. The SMILES string of the molecule is COCCn1c(CN2Cc3cn(-c4ccnc(OCc5ccc(C#N)cc5F)n4)nc3C2)nc2ccc(C(=O)O)cc21. The number of aromatic carboxylic acids is 1. The van der Waals surface area contributed by atoms with Gasteiger partial charge in [-0.05, 0) is 30.3 Å². The van der Waals surface area contributed by atoms with Crippen molar-refractivity contribution in [3.05, 3.63) is 94.4 Å². The van der Waals surface area contributed by atoms with Gasteiger partial charge in [-0.25, -0.2) is 23.8 Å². The zero-order valence-electron chi connectivity index (χ0n) is 22.6. The highest BCUT2D eigenvalue weighted by Gasteiger charge is 2.25. The van der Waals surface area contributed by atoms with E-state index in [0.717, 1.165) is 34.2 Å². The van der Waals surface area contributed by atoms with Crippen LogP contribution in [0.3, 0.4) is 0 Å². The Morgan fingerprint density at radius 1 is 1.17 bits per heavy atom. The molecule has 0 saturated carbocycles. The summed E-state index contributed by atoms with van der Waals surface area (Å²) >= 11 is 0. The number of hydrogen-bond acceptors (Lipinski definition) is 9. The van der Waals surface area contributed by atoms with Gasteiger partial charge in [0.25, 0.3) is 0 Å². The van der Waals surface area contributed by atoms with Gasteiger partial charge in [-0.1, -0.05) is 6.07 Å². The van der Waals surface area contributed by atoms with E-state index in [2.05, 4.69) is 14.9 Å². The van der Waals surface area contributed by atoms with Crippen LogP contribution in [0.2, 0.25) is 0 Å². The number of rotatable bonds is 10. The number of nitrogens with zero attached hydrogens (tertiary/aromatic N) is 8. The van der Waals surface area contributed by atoms with Crippen LogP contribution in [0.4, 0.5) is 4.39 Å². The van der Waals surface area contributed by atoms with Crippen molar-refractivity contribution >= 4 is 17.0 Å². The number of aromatic nitrogens is 6. The van der Waals surface area contributed by atoms with Crippen molar-refractivity contribution < 1.29 is 23.8 Å². The number of fused-ring (bicyclic) bond motifs is 2. The van der Waals surface area contributed by atoms with Gasteiger partial charge in [-0.15, -0.1) is 0 Å². The Morgan fingerprint density at radius 2 is 2.05 bits per heavy atom. The highest BCUT2D eigenvalue weighted by Crippen LogP contribution is 2.26. The van der Waals surface area contributed by atoms with Crippen LogP contribution >= 0.6 is 0 Å². The number of ether oxygens (including phenoxy) is 2. The van der Waals surface area contributed by atoms with Crippen molar-refractivity contribution in [2.75, 3.05) is 13.7 Å². The molecule has 0 spiro atoms. The van der Waals surface area contributed by atoms with Crippen LogP contribution in [-0.2, 0) is 37.5 Å². The van der Waals surface area contributed by atoms with E-state index in [-0.39, 0.29) is 23.7 Å². The molecule has 12 nitrogen and oxygen atoms in total. The van der Waals surface area contributed by atoms with Crippen molar-refractivity contribution in [1.82, 2.24) is 34.2 Å². The number of methoxy groups -OCH3 is 1. The Morgan fingerprint density at radius 3 is 2.81 bits per heavy atom. The first-order valence-corrected chi connectivity index (χ1v) is 13.1. The molecule has 1 N–H and O–H groups in total. The van der Waals surface area contributed by atoms with Gasteiger partial charge in [-0.2, -0.15) is 15.3 Å². The molecule has 0 unspecified atom stereocenters. The third-order valence-corrected chi connectivity index (χ3v) is 7.00. The van der Waals surface area contributed by atoms with Gasteiger partial charge in [0.1, 0.15) is 18.2 Å². The molecule has 0 fully saturated rings. The van der Waals surface area contributed by atoms with Gasteiger partial charge in [-0.3, -0.25) is 4.90 Å². The minimum Gasteiger partial charge on any atom is -0.478 e. The van der Waals surface area contributed by atoms with Crippen molar-refractivity contribution in [3.8, 4) is 17.9 Å². The van der Waals surface area contributed by atoms with E-state index >= 15 is 0 Å². The summed E-state index contributed by atoms with van der Waals surface area (Å²) in [7, 11) is 1.63. The number of halogens is 1. The first-order valence-electron chi connectivity index (χ1n) is 13.1. The largest absolute Gasteiger partial charge is 0.478 e. The van der Waals surface area contributed by atoms with Gasteiger partial charge in [0, 0.05) is 56.3 Å². The van der Waals surface area contributed by atoms with Crippen molar-refractivity contribution in [2.24, 2.45) is 0 Å². The lowest BCUT2D eigenvalue weighted by molar-refractivity contribution is 0.0697. The van der Waals surface area contributed by atoms with Crippen LogP contribution in [0.1, 0.15) is 38.6 Å². The quantitative estimate of drug-likeness (QED) is 0.266. The van der Waals surface area contributed by atoms with Crippen LogP contribution in [0.15, 0.2) is 54.9 Å². The second-order valence-electron chi connectivity index (χ2n) is 9.78. The van der Waals surface area contributed by atoms with Gasteiger partial charge in [0.05, 0.1) is 47.1 Å². The molecule has 0 amide bonds. The van der Waals surface area contributed by atoms with E-state index in [9.17, 15) is 14.3 Å². The van der Waals surface area contributed by atoms with E-state index in [1.165, 1.54) is 12.1 Å². The Hall–Kier alpha value is -5.19. The highest BCUT2D eigenvalue weighted by molar-refractivity contribution is 5.92. The minimum atomic E-state index is -0.984. The van der Waals surface area contributed by atoms with Crippen LogP contribution < -0.4 is 4.74 Å². The van der Waals surface area contributed by atoms with Gasteiger partial charge >= 0.3 is 12.0 Å². The topological polar surface area (TPSA) is 144 Å². The fraction of sp³-hybridized carbons (Fsp3) is 0.241. The Labute approximate surface area is 239 Å². The zero-order chi connectivity index (χ0) is 29.2. The van der Waals surface area contributed by atoms with E-state index in [4.69, 9.17) is 24.8 Å². The van der Waals surface area contributed by atoms with Crippen LogP contribution in [0.5, 0.6) is 6.01 Å². The molecule has 13 heteroatoms. The Bertz CT molecular complexity index is 1820. The summed E-state index contributed by atoms with van der Waals surface area (Å²) < 4.78 is 28.8. The molecule has 6 rings (SSSR count). The van der Waals surface area contributed by atoms with E-state index in [0.29, 0.717) is 44.2 Å². The Kier molecular flexibility index (Phi) is 7.30. The fourth-order valence-electron chi connectivity index (χ4n) is 4.91. The number of benzene rings is 2. The molecule has 42 heavy (non-hydrogen) atoms. The third kappa shape index (κ3) is 5.40. The third-order valence-electron chi connectivity index (χ3n) is 7.00. The lowest BCUT2D eigenvalue weighted by Crippen LogP contribution is -2.20. The van der Waals surface area contributed by atoms with E-state index in [1.54, 1.807) is 42.3 Å². The minimum absolute atomic E-state index is 0.0783. The summed E-state index contributed by atoms with van der Waals surface area (Å²) in [5, 5.41) is 23.1. The maximum atomic E-state index is 14.2. The van der Waals surface area contributed by atoms with Crippen LogP contribution in [0.25, 0.3) is 16.9 Å². The standard InChI is InChI=1S/C29H25FN8O4/c1-41-9-8-37-25-11-19(28(39)40)4-5-23(25)33-27(37)16-36-13-21-14-38(35-24(21)15-36)26-6-7-32-29(34-26)42-17-20-3-2-18(12-31)10-22(20)30/h2-7,10-11,14H,8-9,13,15-17H2,1H3,(H,39,40). The summed E-state index contributed by atoms with van der Waals surface area (Å²) in [5.41, 5.74) is 4.18. The molecule has 1 aliphatic heterocycles. The number of carboxylic acids is 1. The molecule has 212 valence electrons. The first kappa shape index (κ1) is 27.0. The molecule has 0 aliphatic carbocycles. The Balaban J connectivity index is 1.15. The maximum Gasteiger partial charge on any atom is 0.335 e. The van der Waals surface area contributed by atoms with Gasteiger partial charge in [0.15, 0.2) is 5.82 Å². The fourth-order valence-corrected chi connectivity index (χ4v) is 4.91. The van der Waals surface area contributed by atoms with Crippen molar-refractivity contribution in [1.29, 1.82) is 5.26 Å². The number of carboxylic acid groups (broad SMARTS) is 1. The molecular weight excluding hydrogens is 543 g/mol. The highest BCUT2D eigenvalue weighted by atomic mass is 19.1. The molecule has 3 aromatic heterocycles. The predicted molar refractivity (Wildman–Crippen MR) is 146 cm³/mol. The van der Waals surface area contributed by atoms with Crippen molar-refractivity contribution in [3.63, 3.8) is 0 Å². The number of imidazole rings is 1. The smallest absolute Gasteiger partial charge is 0.335 e. The number of hydrogen-bond donors (Lipinski definition) is 1. The molecular formula is C29H25FN8O4. The van der Waals surface area contributed by atoms with E-state index < -0.39 is 11.8 Å². The molecule has 0 atom stereocenters. The van der Waals surface area contributed by atoms with Gasteiger partial charge < -0.3 is 19.1 Å². The van der Waals surface area contributed by atoms with E-state index in [1.807, 2.05) is 16.8 Å². The number of carbonyl (C=O) groups is 1. The van der Waals surface area contributed by atoms with Crippen LogP contribution in [0, 0.1) is 17.1 Å².